The second kappa shape index (κ2) is 8.91. The Balaban J connectivity index is 1.81. The van der Waals surface area contributed by atoms with Gasteiger partial charge >= 0.3 is 5.97 Å². The molecular formula is C20H19BrF2N4O2S. The Kier molecular flexibility index (Phi) is 6.26. The van der Waals surface area contributed by atoms with Crippen LogP contribution in [-0.4, -0.2) is 54.1 Å². The first-order valence-corrected chi connectivity index (χ1v) is 11.1. The summed E-state index contributed by atoms with van der Waals surface area (Å²) < 4.78 is 32.9. The van der Waals surface area contributed by atoms with Gasteiger partial charge in [0.1, 0.15) is 18.0 Å². The summed E-state index contributed by atoms with van der Waals surface area (Å²) in [7, 11) is 0. The smallest absolute Gasteiger partial charge is 0.338 e. The standard InChI is InChI=1S/C20H19BrF2N4O2S/c1-2-29-20(28)16-15(10-27-8-12(23)9-27)25-18(19-24-5-6-30-19)26-17(16)13-4-3-11(22)7-14(13)21/h3-7,12,17H,2,8-10H2,1H3,(H,25,26)/t17-/m0/s1. The zero-order valence-electron chi connectivity index (χ0n) is 16.1. The summed E-state index contributed by atoms with van der Waals surface area (Å²) >= 11 is 4.80. The monoisotopic (exact) mass is 496 g/mol. The van der Waals surface area contributed by atoms with Crippen LogP contribution in [0.25, 0.3) is 0 Å². The summed E-state index contributed by atoms with van der Waals surface area (Å²) in [6, 6.07) is 3.53. The van der Waals surface area contributed by atoms with Crippen molar-refractivity contribution >= 4 is 39.1 Å². The Morgan fingerprint density at radius 3 is 2.87 bits per heavy atom. The highest BCUT2D eigenvalue weighted by molar-refractivity contribution is 9.10. The van der Waals surface area contributed by atoms with E-state index in [1.165, 1.54) is 23.5 Å². The number of hydrogen-bond acceptors (Lipinski definition) is 7. The molecule has 0 radical (unpaired) electrons. The number of halogens is 3. The summed E-state index contributed by atoms with van der Waals surface area (Å²) in [6.45, 7) is 2.87. The zero-order chi connectivity index (χ0) is 21.3. The Bertz CT molecular complexity index is 1010. The van der Waals surface area contributed by atoms with Gasteiger partial charge in [-0.3, -0.25) is 9.89 Å². The maximum atomic E-state index is 13.7. The van der Waals surface area contributed by atoms with Crippen molar-refractivity contribution in [2.24, 2.45) is 4.99 Å². The predicted molar refractivity (Wildman–Crippen MR) is 114 cm³/mol. The summed E-state index contributed by atoms with van der Waals surface area (Å²) in [4.78, 5) is 23.9. The lowest BCUT2D eigenvalue weighted by molar-refractivity contribution is -0.139. The van der Waals surface area contributed by atoms with Crippen LogP contribution in [0.15, 0.2) is 50.5 Å². The fourth-order valence-corrected chi connectivity index (χ4v) is 4.58. The number of aliphatic imine (C=N–C) groups is 1. The number of amidine groups is 1. The number of aromatic nitrogens is 1. The van der Waals surface area contributed by atoms with Crippen LogP contribution in [0.2, 0.25) is 0 Å². The van der Waals surface area contributed by atoms with Crippen LogP contribution < -0.4 is 5.32 Å². The minimum Gasteiger partial charge on any atom is -0.463 e. The molecule has 0 unspecified atom stereocenters. The highest BCUT2D eigenvalue weighted by Gasteiger charge is 2.36. The first kappa shape index (κ1) is 21.1. The fraction of sp³-hybridized carbons (Fsp3) is 0.350. The van der Waals surface area contributed by atoms with Crippen molar-refractivity contribution in [2.75, 3.05) is 26.2 Å². The number of carbonyl (C=O) groups is 1. The normalized spacial score (nSPS) is 19.9. The van der Waals surface area contributed by atoms with Crippen LogP contribution in [0, 0.1) is 5.82 Å². The molecule has 6 nitrogen and oxygen atoms in total. The van der Waals surface area contributed by atoms with Crippen molar-refractivity contribution in [2.45, 2.75) is 19.1 Å². The maximum Gasteiger partial charge on any atom is 0.338 e. The number of likely N-dealkylation sites (tertiary alicyclic amines) is 1. The van der Waals surface area contributed by atoms with E-state index >= 15 is 0 Å². The summed E-state index contributed by atoms with van der Waals surface area (Å²) in [5.41, 5.74) is 1.54. The number of benzene rings is 1. The number of alkyl halides is 1. The first-order valence-electron chi connectivity index (χ1n) is 9.42. The molecular weight excluding hydrogens is 478 g/mol. The average molecular weight is 497 g/mol. The number of carbonyl (C=O) groups excluding carboxylic acids is 1. The molecule has 2 aliphatic heterocycles. The molecule has 4 rings (SSSR count). The van der Waals surface area contributed by atoms with E-state index in [2.05, 4.69) is 26.2 Å². The van der Waals surface area contributed by atoms with Crippen LogP contribution in [0.3, 0.4) is 0 Å². The maximum absolute atomic E-state index is 13.7. The molecule has 0 aliphatic carbocycles. The lowest BCUT2D eigenvalue weighted by atomic mass is 9.95. The van der Waals surface area contributed by atoms with Gasteiger partial charge in [-0.25, -0.2) is 18.6 Å². The van der Waals surface area contributed by atoms with E-state index < -0.39 is 24.0 Å². The molecule has 30 heavy (non-hydrogen) atoms. The topological polar surface area (TPSA) is 66.8 Å². The van der Waals surface area contributed by atoms with Crippen molar-refractivity contribution in [3.8, 4) is 0 Å². The van der Waals surface area contributed by atoms with Crippen LogP contribution >= 0.6 is 27.3 Å². The Morgan fingerprint density at radius 2 is 2.23 bits per heavy atom. The predicted octanol–water partition coefficient (Wildman–Crippen LogP) is 3.61. The Hall–Kier alpha value is -2.17. The van der Waals surface area contributed by atoms with Crippen molar-refractivity contribution < 1.29 is 18.3 Å². The average Bonchev–Trinajstić information content (AvgIpc) is 3.21. The number of ether oxygens (including phenoxy) is 1. The van der Waals surface area contributed by atoms with Gasteiger partial charge in [0, 0.05) is 41.4 Å². The number of esters is 1. The van der Waals surface area contributed by atoms with Gasteiger partial charge in [0.25, 0.3) is 0 Å². The highest BCUT2D eigenvalue weighted by Crippen LogP contribution is 2.37. The van der Waals surface area contributed by atoms with Crippen LogP contribution in [0.1, 0.15) is 23.5 Å². The summed E-state index contributed by atoms with van der Waals surface area (Å²) in [5.74, 6) is -0.410. The van der Waals surface area contributed by atoms with Crippen molar-refractivity contribution in [3.63, 3.8) is 0 Å². The fourth-order valence-electron chi connectivity index (χ4n) is 3.43. The Labute approximate surface area is 184 Å². The van der Waals surface area contributed by atoms with E-state index in [1.807, 2.05) is 10.3 Å². The second-order valence-electron chi connectivity index (χ2n) is 6.91. The lowest BCUT2D eigenvalue weighted by Gasteiger charge is -2.37. The first-order chi connectivity index (χ1) is 14.5. The number of nitrogens with one attached hydrogen (secondary N) is 1. The van der Waals surface area contributed by atoms with Gasteiger partial charge in [-0.05, 0) is 24.6 Å². The number of hydrogen-bond donors (Lipinski definition) is 1. The lowest BCUT2D eigenvalue weighted by Crippen LogP contribution is -2.51. The van der Waals surface area contributed by atoms with E-state index in [0.29, 0.717) is 51.8 Å². The molecule has 1 N–H and O–H groups in total. The van der Waals surface area contributed by atoms with E-state index in [-0.39, 0.29) is 6.61 Å². The van der Waals surface area contributed by atoms with Gasteiger partial charge in [-0.15, -0.1) is 11.3 Å². The molecule has 0 amide bonds. The van der Waals surface area contributed by atoms with Gasteiger partial charge < -0.3 is 10.1 Å². The van der Waals surface area contributed by atoms with E-state index in [4.69, 9.17) is 9.73 Å². The largest absolute Gasteiger partial charge is 0.463 e. The van der Waals surface area contributed by atoms with Gasteiger partial charge in [-0.1, -0.05) is 22.0 Å². The zero-order valence-corrected chi connectivity index (χ0v) is 18.5. The van der Waals surface area contributed by atoms with Gasteiger partial charge in [0.05, 0.1) is 12.2 Å². The van der Waals surface area contributed by atoms with Crippen LogP contribution in [0.5, 0.6) is 0 Å². The number of thiazole rings is 1. The molecule has 1 aromatic carbocycles. The Morgan fingerprint density at radius 1 is 1.43 bits per heavy atom. The molecule has 1 saturated heterocycles. The van der Waals surface area contributed by atoms with Crippen molar-refractivity contribution in [1.82, 2.24) is 15.2 Å². The van der Waals surface area contributed by atoms with E-state index in [1.54, 1.807) is 19.2 Å². The molecule has 3 heterocycles. The molecule has 2 aromatic rings. The molecule has 158 valence electrons. The minimum atomic E-state index is -0.866. The molecule has 0 saturated carbocycles. The van der Waals surface area contributed by atoms with Crippen molar-refractivity contribution in [3.05, 3.63) is 61.9 Å². The van der Waals surface area contributed by atoms with E-state index in [9.17, 15) is 13.6 Å². The molecule has 1 atom stereocenters. The molecule has 2 aliphatic rings. The molecule has 1 aromatic heterocycles. The summed E-state index contributed by atoms with van der Waals surface area (Å²) in [5, 5.41) is 5.70. The third-order valence-electron chi connectivity index (χ3n) is 4.81. The SMILES string of the molecule is CCOC(=O)C1=C(CN2CC(F)C2)NC(c2nccs2)=N[C@H]1c1ccc(F)cc1Br. The molecule has 0 bridgehead atoms. The highest BCUT2D eigenvalue weighted by atomic mass is 79.9. The van der Waals surface area contributed by atoms with Crippen LogP contribution in [0.4, 0.5) is 8.78 Å². The number of rotatable bonds is 6. The second-order valence-corrected chi connectivity index (χ2v) is 8.66. The van der Waals surface area contributed by atoms with Crippen molar-refractivity contribution in [1.29, 1.82) is 0 Å². The van der Waals surface area contributed by atoms with Crippen LogP contribution in [-0.2, 0) is 9.53 Å². The number of nitrogens with zero attached hydrogens (tertiary/aromatic N) is 3. The quantitative estimate of drug-likeness (QED) is 0.618. The summed E-state index contributed by atoms with van der Waals surface area (Å²) in [6.07, 6.45) is 0.801. The molecule has 1 fully saturated rings. The van der Waals surface area contributed by atoms with Gasteiger partial charge in [-0.2, -0.15) is 0 Å². The minimum absolute atomic E-state index is 0.201. The third-order valence-corrected chi connectivity index (χ3v) is 6.27. The molecule has 10 heteroatoms. The third kappa shape index (κ3) is 4.30. The van der Waals surface area contributed by atoms with Gasteiger partial charge in [0.15, 0.2) is 10.8 Å². The van der Waals surface area contributed by atoms with Gasteiger partial charge in [0.2, 0.25) is 0 Å². The van der Waals surface area contributed by atoms with E-state index in [0.717, 1.165) is 0 Å². The molecule has 0 spiro atoms.